The van der Waals surface area contributed by atoms with E-state index in [2.05, 4.69) is 21.1 Å². The first-order valence-corrected chi connectivity index (χ1v) is 11.1. The van der Waals surface area contributed by atoms with Gasteiger partial charge in [-0.3, -0.25) is 4.79 Å². The molecule has 1 aromatic heterocycles. The average molecular weight is 492 g/mol. The molecule has 7 nitrogen and oxygen atoms in total. The first kappa shape index (κ1) is 25.0. The molecule has 2 heterocycles. The fourth-order valence-corrected chi connectivity index (χ4v) is 4.17. The van der Waals surface area contributed by atoms with E-state index in [1.807, 2.05) is 38.1 Å². The van der Waals surface area contributed by atoms with Crippen molar-refractivity contribution in [1.82, 2.24) is 15.0 Å². The van der Waals surface area contributed by atoms with Crippen LogP contribution < -0.4 is 4.74 Å². The average Bonchev–Trinajstić information content (AvgIpc) is 3.15. The molecule has 3 aromatic rings. The lowest BCUT2D eigenvalue weighted by Crippen LogP contribution is -2.28. The number of carboxylic acid groups (broad SMARTS) is 1. The van der Waals surface area contributed by atoms with Crippen LogP contribution in [-0.4, -0.2) is 51.9 Å². The lowest BCUT2D eigenvalue weighted by atomic mass is 9.97. The summed E-state index contributed by atoms with van der Waals surface area (Å²) in [6, 6.07) is 11.6. The molecule has 0 saturated heterocycles. The van der Waals surface area contributed by atoms with Crippen molar-refractivity contribution in [2.24, 2.45) is 0 Å². The second-order valence-corrected chi connectivity index (χ2v) is 8.57. The summed E-state index contributed by atoms with van der Waals surface area (Å²) in [6.45, 7) is 6.09. The molecule has 0 fully saturated rings. The minimum atomic E-state index is -0.768. The maximum Gasteiger partial charge on any atom is 0.304 e. The third kappa shape index (κ3) is 6.05. The highest BCUT2D eigenvalue weighted by atomic mass is 35.5. The van der Waals surface area contributed by atoms with Gasteiger partial charge in [0.05, 0.1) is 17.5 Å². The number of aromatic nitrogens is 2. The van der Waals surface area contributed by atoms with E-state index in [-0.39, 0.29) is 24.9 Å². The number of halogens is 2. The third-order valence-corrected chi connectivity index (χ3v) is 5.79. The topological polar surface area (TPSA) is 88.7 Å². The van der Waals surface area contributed by atoms with E-state index in [0.717, 1.165) is 37.1 Å². The molecule has 0 amide bonds. The number of nitrogens with zero attached hydrogens (tertiary/aromatic N) is 3. The SMILES string of the molecule is CC(C)Oc1ccc(-c2nc(-c3cccc4c3CCN(CCC(=O)O)CC4)no2)cc1Cl.Cl. The van der Waals surface area contributed by atoms with Gasteiger partial charge >= 0.3 is 5.97 Å². The van der Waals surface area contributed by atoms with Gasteiger partial charge in [-0.15, -0.1) is 12.4 Å². The standard InChI is InChI=1S/C24H26ClN3O4.ClH/c1-15(2)31-21-7-6-17(14-20(21)25)24-26-23(27-32-24)19-5-3-4-16-8-11-28(12-9-18(16)19)13-10-22(29)30;/h3-7,14-15H,8-13H2,1-2H3,(H,29,30);1H. The van der Waals surface area contributed by atoms with Gasteiger partial charge in [0.2, 0.25) is 5.82 Å². The van der Waals surface area contributed by atoms with Crippen molar-refractivity contribution in [3.8, 4) is 28.6 Å². The molecule has 1 aliphatic rings. The highest BCUT2D eigenvalue weighted by molar-refractivity contribution is 6.32. The number of hydrogen-bond acceptors (Lipinski definition) is 6. The van der Waals surface area contributed by atoms with Crippen molar-refractivity contribution in [3.05, 3.63) is 52.5 Å². The van der Waals surface area contributed by atoms with Crippen LogP contribution in [0.5, 0.6) is 5.75 Å². The highest BCUT2D eigenvalue weighted by Gasteiger charge is 2.21. The number of carboxylic acids is 1. The Bertz CT molecular complexity index is 1120. The number of rotatable bonds is 7. The maximum absolute atomic E-state index is 10.9. The van der Waals surface area contributed by atoms with Crippen LogP contribution in [0.1, 0.15) is 31.4 Å². The first-order valence-electron chi connectivity index (χ1n) is 10.8. The van der Waals surface area contributed by atoms with Crippen molar-refractivity contribution < 1.29 is 19.2 Å². The first-order chi connectivity index (χ1) is 15.4. The zero-order valence-electron chi connectivity index (χ0n) is 18.6. The lowest BCUT2D eigenvalue weighted by Gasteiger charge is -2.18. The molecule has 0 radical (unpaired) electrons. The van der Waals surface area contributed by atoms with Crippen LogP contribution in [-0.2, 0) is 17.6 Å². The van der Waals surface area contributed by atoms with E-state index in [1.54, 1.807) is 6.07 Å². The Morgan fingerprint density at radius 3 is 2.76 bits per heavy atom. The summed E-state index contributed by atoms with van der Waals surface area (Å²) in [6.07, 6.45) is 1.85. The highest BCUT2D eigenvalue weighted by Crippen LogP contribution is 2.33. The van der Waals surface area contributed by atoms with E-state index in [1.165, 1.54) is 11.1 Å². The van der Waals surface area contributed by atoms with Gasteiger partial charge in [0, 0.05) is 30.8 Å². The van der Waals surface area contributed by atoms with Crippen molar-refractivity contribution in [2.45, 2.75) is 39.2 Å². The minimum absolute atomic E-state index is 0. The number of benzene rings is 2. The van der Waals surface area contributed by atoms with E-state index >= 15 is 0 Å². The van der Waals surface area contributed by atoms with Crippen molar-refractivity contribution in [2.75, 3.05) is 19.6 Å². The summed E-state index contributed by atoms with van der Waals surface area (Å²) >= 11 is 6.36. The predicted molar refractivity (Wildman–Crippen MR) is 129 cm³/mol. The molecular weight excluding hydrogens is 465 g/mol. The molecule has 176 valence electrons. The van der Waals surface area contributed by atoms with E-state index in [9.17, 15) is 4.79 Å². The van der Waals surface area contributed by atoms with Gasteiger partial charge in [-0.25, -0.2) is 0 Å². The summed E-state index contributed by atoms with van der Waals surface area (Å²) in [7, 11) is 0. The summed E-state index contributed by atoms with van der Waals surface area (Å²) < 4.78 is 11.2. The summed E-state index contributed by atoms with van der Waals surface area (Å²) in [4.78, 5) is 17.8. The fraction of sp³-hybridized carbons (Fsp3) is 0.375. The van der Waals surface area contributed by atoms with Crippen LogP contribution in [0, 0.1) is 0 Å². The smallest absolute Gasteiger partial charge is 0.304 e. The van der Waals surface area contributed by atoms with E-state index in [4.69, 9.17) is 26.0 Å². The molecule has 33 heavy (non-hydrogen) atoms. The molecule has 1 aliphatic heterocycles. The Morgan fingerprint density at radius 1 is 1.24 bits per heavy atom. The summed E-state index contributed by atoms with van der Waals surface area (Å²) in [5, 5.41) is 13.7. The molecule has 0 saturated carbocycles. The Hall–Kier alpha value is -2.61. The second-order valence-electron chi connectivity index (χ2n) is 8.16. The van der Waals surface area contributed by atoms with Gasteiger partial charge in [0.15, 0.2) is 0 Å². The molecule has 2 aromatic carbocycles. The zero-order valence-corrected chi connectivity index (χ0v) is 20.2. The van der Waals surface area contributed by atoms with Gasteiger partial charge in [-0.2, -0.15) is 4.98 Å². The molecular formula is C24H27Cl2N3O4. The molecule has 0 bridgehead atoms. The molecule has 0 spiro atoms. The molecule has 0 unspecified atom stereocenters. The fourth-order valence-electron chi connectivity index (χ4n) is 3.94. The van der Waals surface area contributed by atoms with E-state index in [0.29, 0.717) is 29.0 Å². The normalized spacial score (nSPS) is 13.8. The molecule has 0 aliphatic carbocycles. The second kappa shape index (κ2) is 11.0. The van der Waals surface area contributed by atoms with Crippen LogP contribution >= 0.6 is 24.0 Å². The third-order valence-electron chi connectivity index (χ3n) is 5.50. The molecule has 1 N–H and O–H groups in total. The number of hydrogen-bond donors (Lipinski definition) is 1. The van der Waals surface area contributed by atoms with Gasteiger partial charge in [-0.1, -0.05) is 35.0 Å². The van der Waals surface area contributed by atoms with Gasteiger partial charge in [0.1, 0.15) is 5.75 Å². The van der Waals surface area contributed by atoms with Crippen molar-refractivity contribution in [3.63, 3.8) is 0 Å². The number of ether oxygens (including phenoxy) is 1. The lowest BCUT2D eigenvalue weighted by molar-refractivity contribution is -0.137. The Morgan fingerprint density at radius 2 is 2.03 bits per heavy atom. The van der Waals surface area contributed by atoms with Gasteiger partial charge in [0.25, 0.3) is 5.89 Å². The number of fused-ring (bicyclic) bond motifs is 1. The van der Waals surface area contributed by atoms with Crippen LogP contribution in [0.2, 0.25) is 5.02 Å². The minimum Gasteiger partial charge on any atom is -0.489 e. The summed E-state index contributed by atoms with van der Waals surface area (Å²) in [5.74, 6) is 0.781. The van der Waals surface area contributed by atoms with Crippen LogP contribution in [0.3, 0.4) is 0 Å². The Balaban J connectivity index is 0.00000306. The van der Waals surface area contributed by atoms with E-state index < -0.39 is 5.97 Å². The van der Waals surface area contributed by atoms with Crippen LogP contribution in [0.15, 0.2) is 40.9 Å². The Kier molecular flexibility index (Phi) is 8.35. The number of aliphatic carboxylic acids is 1. The zero-order chi connectivity index (χ0) is 22.7. The monoisotopic (exact) mass is 491 g/mol. The maximum atomic E-state index is 10.9. The molecule has 0 atom stereocenters. The Labute approximate surface area is 204 Å². The largest absolute Gasteiger partial charge is 0.489 e. The van der Waals surface area contributed by atoms with Crippen LogP contribution in [0.4, 0.5) is 0 Å². The number of carbonyl (C=O) groups is 1. The van der Waals surface area contributed by atoms with Crippen LogP contribution in [0.25, 0.3) is 22.8 Å². The van der Waals surface area contributed by atoms with Crippen molar-refractivity contribution >= 4 is 30.0 Å². The quantitative estimate of drug-likeness (QED) is 0.489. The molecule has 9 heteroatoms. The van der Waals surface area contributed by atoms with Gasteiger partial charge < -0.3 is 19.3 Å². The predicted octanol–water partition coefficient (Wildman–Crippen LogP) is 5.14. The molecule has 4 rings (SSSR count). The van der Waals surface area contributed by atoms with Crippen molar-refractivity contribution in [1.29, 1.82) is 0 Å². The van der Waals surface area contributed by atoms with Gasteiger partial charge in [-0.05, 0) is 56.0 Å². The summed E-state index contributed by atoms with van der Waals surface area (Å²) in [5.41, 5.74) is 4.11.